The number of rotatable bonds is 4. The van der Waals surface area contributed by atoms with Gasteiger partial charge in [0.25, 0.3) is 0 Å². The van der Waals surface area contributed by atoms with Crippen LogP contribution in [0.25, 0.3) is 0 Å². The molecule has 0 fully saturated rings. The van der Waals surface area contributed by atoms with E-state index in [4.69, 9.17) is 22.4 Å². The first-order chi connectivity index (χ1) is 8.99. The van der Waals surface area contributed by atoms with E-state index in [9.17, 15) is 0 Å². The van der Waals surface area contributed by atoms with Crippen molar-refractivity contribution in [1.29, 1.82) is 0 Å². The first-order valence-corrected chi connectivity index (χ1v) is 6.34. The van der Waals surface area contributed by atoms with Crippen LogP contribution < -0.4 is 11.1 Å². The van der Waals surface area contributed by atoms with Crippen molar-refractivity contribution in [3.63, 3.8) is 0 Å². The molecule has 1 atom stereocenters. The molecule has 100 valence electrons. The molecule has 0 saturated carbocycles. The number of nitrogens with zero attached hydrogens (tertiary/aromatic N) is 2. The van der Waals surface area contributed by atoms with Gasteiger partial charge in [0.1, 0.15) is 22.6 Å². The minimum atomic E-state index is -0.115. The van der Waals surface area contributed by atoms with Crippen molar-refractivity contribution in [1.82, 2.24) is 9.97 Å². The Labute approximate surface area is 117 Å². The Hall–Kier alpha value is -1.95. The fourth-order valence-corrected chi connectivity index (χ4v) is 2.08. The average Bonchev–Trinajstić information content (AvgIpc) is 2.75. The molecule has 2 aromatic heterocycles. The number of anilines is 1. The molecule has 1 unspecified atom stereocenters. The normalized spacial score (nSPS) is 12.2. The van der Waals surface area contributed by atoms with Gasteiger partial charge in [-0.25, -0.2) is 9.97 Å². The third-order valence-electron chi connectivity index (χ3n) is 2.77. The highest BCUT2D eigenvalue weighted by molar-refractivity contribution is 7.80. The molecule has 0 radical (unpaired) electrons. The summed E-state index contributed by atoms with van der Waals surface area (Å²) in [4.78, 5) is 8.80. The predicted molar refractivity (Wildman–Crippen MR) is 78.1 cm³/mol. The number of aryl methyl sites for hydroxylation is 2. The van der Waals surface area contributed by atoms with Crippen molar-refractivity contribution in [2.45, 2.75) is 26.8 Å². The summed E-state index contributed by atoms with van der Waals surface area (Å²) in [5, 5.41) is 3.23. The lowest BCUT2D eigenvalue weighted by Crippen LogP contribution is -2.17. The Morgan fingerprint density at radius 1 is 1.42 bits per heavy atom. The zero-order valence-corrected chi connectivity index (χ0v) is 11.9. The fraction of sp³-hybridized carbons (Fsp3) is 0.308. The van der Waals surface area contributed by atoms with Crippen LogP contribution in [0, 0.1) is 13.8 Å². The molecule has 2 rings (SSSR count). The average molecular weight is 276 g/mol. The molecule has 0 aliphatic carbocycles. The number of nitrogens with one attached hydrogen (secondary N) is 1. The van der Waals surface area contributed by atoms with Crippen molar-refractivity contribution in [3.8, 4) is 0 Å². The summed E-state index contributed by atoms with van der Waals surface area (Å²) in [7, 11) is 0. The lowest BCUT2D eigenvalue weighted by molar-refractivity contribution is 0.453. The van der Waals surface area contributed by atoms with Gasteiger partial charge in [0, 0.05) is 6.20 Å². The first kappa shape index (κ1) is 13.5. The van der Waals surface area contributed by atoms with Crippen LogP contribution in [0.15, 0.2) is 22.9 Å². The molecule has 6 heteroatoms. The summed E-state index contributed by atoms with van der Waals surface area (Å²) in [5.41, 5.74) is 7.49. The summed E-state index contributed by atoms with van der Waals surface area (Å²) >= 11 is 5.07. The lowest BCUT2D eigenvalue weighted by Gasteiger charge is -2.15. The molecule has 0 bridgehead atoms. The fourth-order valence-electron chi connectivity index (χ4n) is 1.82. The van der Waals surface area contributed by atoms with E-state index in [1.54, 1.807) is 12.4 Å². The van der Waals surface area contributed by atoms with Crippen molar-refractivity contribution >= 4 is 23.0 Å². The minimum Gasteiger partial charge on any atom is -0.444 e. The predicted octanol–water partition coefficient (Wildman–Crippen LogP) is 2.49. The van der Waals surface area contributed by atoms with Crippen LogP contribution in [-0.2, 0) is 0 Å². The second-order valence-electron chi connectivity index (χ2n) is 4.39. The molecular formula is C13H16N4OS. The Balaban J connectivity index is 2.28. The van der Waals surface area contributed by atoms with E-state index < -0.39 is 0 Å². The summed E-state index contributed by atoms with van der Waals surface area (Å²) in [6, 6.07) is 1.76. The van der Waals surface area contributed by atoms with E-state index >= 15 is 0 Å². The maximum absolute atomic E-state index is 5.75. The number of pyridine rings is 1. The third-order valence-corrected chi connectivity index (χ3v) is 2.97. The molecule has 2 aromatic rings. The van der Waals surface area contributed by atoms with Gasteiger partial charge in [0.2, 0.25) is 5.89 Å². The molecule has 0 saturated heterocycles. The van der Waals surface area contributed by atoms with Crippen LogP contribution in [0.1, 0.15) is 35.7 Å². The number of oxazole rings is 1. The molecule has 0 spiro atoms. The maximum atomic E-state index is 5.75. The standard InChI is InChI=1S/C13H16N4OS/c1-7-4-5-15-12(10(7)11(14)19)17-9(3)13-16-6-8(2)18-13/h4-6,9H,1-3H3,(H2,14,19)(H,15,17). The Morgan fingerprint density at radius 2 is 2.16 bits per heavy atom. The van der Waals surface area contributed by atoms with E-state index in [1.165, 1.54) is 0 Å². The zero-order valence-electron chi connectivity index (χ0n) is 11.1. The number of hydrogen-bond acceptors (Lipinski definition) is 5. The van der Waals surface area contributed by atoms with E-state index in [1.807, 2.05) is 26.8 Å². The summed E-state index contributed by atoms with van der Waals surface area (Å²) in [6.45, 7) is 5.74. The van der Waals surface area contributed by atoms with Gasteiger partial charge < -0.3 is 15.5 Å². The van der Waals surface area contributed by atoms with Gasteiger partial charge in [-0.05, 0) is 32.4 Å². The van der Waals surface area contributed by atoms with Gasteiger partial charge >= 0.3 is 0 Å². The molecule has 3 N–H and O–H groups in total. The van der Waals surface area contributed by atoms with E-state index in [0.717, 1.165) is 16.9 Å². The van der Waals surface area contributed by atoms with E-state index in [-0.39, 0.29) is 6.04 Å². The summed E-state index contributed by atoms with van der Waals surface area (Å²) in [6.07, 6.45) is 3.40. The van der Waals surface area contributed by atoms with Crippen LogP contribution in [0.2, 0.25) is 0 Å². The molecule has 19 heavy (non-hydrogen) atoms. The van der Waals surface area contributed by atoms with Gasteiger partial charge in [0.15, 0.2) is 0 Å². The van der Waals surface area contributed by atoms with Gasteiger partial charge in [0.05, 0.1) is 11.8 Å². The molecule has 0 aliphatic heterocycles. The highest BCUT2D eigenvalue weighted by Crippen LogP contribution is 2.22. The Bertz CT molecular complexity index is 608. The SMILES string of the molecule is Cc1cnc(C(C)Nc2nccc(C)c2C(N)=S)o1. The monoisotopic (exact) mass is 276 g/mol. The number of hydrogen-bond donors (Lipinski definition) is 2. The molecular weight excluding hydrogens is 260 g/mol. The lowest BCUT2D eigenvalue weighted by atomic mass is 10.1. The number of nitrogens with two attached hydrogens (primary N) is 1. The molecule has 0 amide bonds. The Kier molecular flexibility index (Phi) is 3.80. The van der Waals surface area contributed by atoms with E-state index in [2.05, 4.69) is 15.3 Å². The van der Waals surface area contributed by atoms with Crippen molar-refractivity contribution in [2.24, 2.45) is 5.73 Å². The zero-order chi connectivity index (χ0) is 14.0. The highest BCUT2D eigenvalue weighted by atomic mass is 32.1. The van der Waals surface area contributed by atoms with Crippen LogP contribution in [0.5, 0.6) is 0 Å². The molecule has 0 aromatic carbocycles. The largest absolute Gasteiger partial charge is 0.444 e. The van der Waals surface area contributed by atoms with Crippen molar-refractivity contribution in [3.05, 3.63) is 41.2 Å². The first-order valence-electron chi connectivity index (χ1n) is 5.93. The topological polar surface area (TPSA) is 77.0 Å². The second-order valence-corrected chi connectivity index (χ2v) is 4.83. The molecule has 0 aliphatic rings. The molecule has 2 heterocycles. The number of thiocarbonyl (C=S) groups is 1. The van der Waals surface area contributed by atoms with Crippen molar-refractivity contribution < 1.29 is 4.42 Å². The van der Waals surface area contributed by atoms with Crippen molar-refractivity contribution in [2.75, 3.05) is 5.32 Å². The van der Waals surface area contributed by atoms with Gasteiger partial charge in [-0.1, -0.05) is 12.2 Å². The van der Waals surface area contributed by atoms with Gasteiger partial charge in [-0.2, -0.15) is 0 Å². The summed E-state index contributed by atoms with van der Waals surface area (Å²) in [5.74, 6) is 2.03. The maximum Gasteiger partial charge on any atom is 0.216 e. The third kappa shape index (κ3) is 2.90. The van der Waals surface area contributed by atoms with E-state index in [0.29, 0.717) is 16.7 Å². The van der Waals surface area contributed by atoms with Crippen LogP contribution >= 0.6 is 12.2 Å². The molecule has 5 nitrogen and oxygen atoms in total. The second kappa shape index (κ2) is 5.36. The van der Waals surface area contributed by atoms with Crippen LogP contribution in [-0.4, -0.2) is 15.0 Å². The van der Waals surface area contributed by atoms with Gasteiger partial charge in [-0.3, -0.25) is 0 Å². The van der Waals surface area contributed by atoms with Crippen LogP contribution in [0.3, 0.4) is 0 Å². The van der Waals surface area contributed by atoms with Gasteiger partial charge in [-0.15, -0.1) is 0 Å². The minimum absolute atomic E-state index is 0.115. The highest BCUT2D eigenvalue weighted by Gasteiger charge is 2.16. The Morgan fingerprint density at radius 3 is 2.74 bits per heavy atom. The number of aromatic nitrogens is 2. The quantitative estimate of drug-likeness (QED) is 0.835. The van der Waals surface area contributed by atoms with Crippen LogP contribution in [0.4, 0.5) is 5.82 Å². The smallest absolute Gasteiger partial charge is 0.216 e. The summed E-state index contributed by atoms with van der Waals surface area (Å²) < 4.78 is 5.48.